The number of aromatic amines is 1. The fraction of sp³-hybridized carbons (Fsp3) is 0.474. The smallest absolute Gasteiger partial charge is 0.326 e. The number of carboxylic acids is 1. The molecule has 3 rings (SSSR count). The first-order valence-electron chi connectivity index (χ1n) is 8.62. The van der Waals surface area contributed by atoms with Gasteiger partial charge in [-0.25, -0.2) is 4.79 Å². The number of amides is 1. The first-order valence-corrected chi connectivity index (χ1v) is 8.62. The molecule has 5 nitrogen and oxygen atoms in total. The number of aromatic nitrogens is 1. The predicted octanol–water partition coefficient (Wildman–Crippen LogP) is 3.11. The molecule has 0 saturated heterocycles. The largest absolute Gasteiger partial charge is 0.480 e. The molecule has 128 valence electrons. The van der Waals surface area contributed by atoms with E-state index in [2.05, 4.69) is 17.2 Å². The normalized spacial score (nSPS) is 22.2. The highest BCUT2D eigenvalue weighted by Crippen LogP contribution is 2.28. The van der Waals surface area contributed by atoms with E-state index in [1.165, 1.54) is 0 Å². The highest BCUT2D eigenvalue weighted by molar-refractivity contribution is 5.87. The third-order valence-corrected chi connectivity index (χ3v) is 5.10. The second kappa shape index (κ2) is 7.07. The van der Waals surface area contributed by atoms with E-state index in [-0.39, 0.29) is 18.2 Å². The molecule has 1 heterocycles. The molecule has 5 heteroatoms. The number of carboxylic acid groups (broad SMARTS) is 1. The number of hydrogen-bond acceptors (Lipinski definition) is 2. The van der Waals surface area contributed by atoms with Gasteiger partial charge in [-0.15, -0.1) is 0 Å². The van der Waals surface area contributed by atoms with Crippen LogP contribution in [-0.2, 0) is 16.0 Å². The van der Waals surface area contributed by atoms with Crippen molar-refractivity contribution < 1.29 is 14.7 Å². The molecular weight excluding hydrogens is 304 g/mol. The Morgan fingerprint density at radius 2 is 1.96 bits per heavy atom. The van der Waals surface area contributed by atoms with Crippen molar-refractivity contribution >= 4 is 22.8 Å². The Kier molecular flexibility index (Phi) is 4.88. The van der Waals surface area contributed by atoms with Crippen molar-refractivity contribution in [3.8, 4) is 0 Å². The van der Waals surface area contributed by atoms with Crippen LogP contribution >= 0.6 is 0 Å². The van der Waals surface area contributed by atoms with Gasteiger partial charge in [0.25, 0.3) is 0 Å². The molecular formula is C19H24N2O3. The average molecular weight is 328 g/mol. The summed E-state index contributed by atoms with van der Waals surface area (Å²) in [5.74, 6) is -0.492. The Hall–Kier alpha value is -2.30. The number of aliphatic carboxylic acids is 1. The van der Waals surface area contributed by atoms with Crippen molar-refractivity contribution in [2.45, 2.75) is 45.1 Å². The summed E-state index contributed by atoms with van der Waals surface area (Å²) in [4.78, 5) is 27.2. The Morgan fingerprint density at radius 3 is 2.67 bits per heavy atom. The van der Waals surface area contributed by atoms with Crippen LogP contribution in [-0.4, -0.2) is 28.0 Å². The molecule has 2 aromatic rings. The number of benzene rings is 1. The quantitative estimate of drug-likeness (QED) is 0.789. The number of carbonyl (C=O) groups excluding carboxylic acids is 1. The van der Waals surface area contributed by atoms with E-state index in [1.54, 1.807) is 0 Å². The van der Waals surface area contributed by atoms with Crippen LogP contribution in [0.2, 0.25) is 0 Å². The van der Waals surface area contributed by atoms with Crippen molar-refractivity contribution in [3.05, 3.63) is 36.0 Å². The molecule has 3 N–H and O–H groups in total. The third kappa shape index (κ3) is 3.61. The van der Waals surface area contributed by atoms with Crippen LogP contribution in [0.15, 0.2) is 30.5 Å². The second-order valence-corrected chi connectivity index (χ2v) is 6.92. The molecule has 1 aliphatic rings. The van der Waals surface area contributed by atoms with Crippen LogP contribution < -0.4 is 5.32 Å². The molecule has 1 aromatic carbocycles. The predicted molar refractivity (Wildman–Crippen MR) is 92.7 cm³/mol. The van der Waals surface area contributed by atoms with Gasteiger partial charge in [-0.05, 0) is 43.2 Å². The summed E-state index contributed by atoms with van der Waals surface area (Å²) in [5.41, 5.74) is 1.89. The summed E-state index contributed by atoms with van der Waals surface area (Å²) >= 11 is 0. The van der Waals surface area contributed by atoms with Crippen LogP contribution in [0.4, 0.5) is 0 Å². The lowest BCUT2D eigenvalue weighted by atomic mass is 9.82. The van der Waals surface area contributed by atoms with E-state index >= 15 is 0 Å². The summed E-state index contributed by atoms with van der Waals surface area (Å²) in [6.07, 6.45) is 5.90. The summed E-state index contributed by atoms with van der Waals surface area (Å²) in [6.45, 7) is 2.20. The van der Waals surface area contributed by atoms with Gasteiger partial charge in [0.15, 0.2) is 0 Å². The lowest BCUT2D eigenvalue weighted by Gasteiger charge is -2.26. The molecule has 1 amide bonds. The SMILES string of the molecule is CC1CCC(C(=O)N[C@H](Cc2c[nH]c3ccccc23)C(=O)O)CC1. The molecule has 1 aliphatic carbocycles. The number of rotatable bonds is 5. The van der Waals surface area contributed by atoms with Crippen molar-refractivity contribution in [2.24, 2.45) is 11.8 Å². The number of H-pyrrole nitrogens is 1. The first-order chi connectivity index (χ1) is 11.5. The minimum atomic E-state index is -0.988. The highest BCUT2D eigenvalue weighted by atomic mass is 16.4. The van der Waals surface area contributed by atoms with Crippen molar-refractivity contribution in [1.82, 2.24) is 10.3 Å². The van der Waals surface area contributed by atoms with Crippen molar-refractivity contribution in [1.29, 1.82) is 0 Å². The fourth-order valence-electron chi connectivity index (χ4n) is 3.53. The molecule has 0 unspecified atom stereocenters. The molecule has 1 saturated carbocycles. The van der Waals surface area contributed by atoms with E-state index in [9.17, 15) is 14.7 Å². The van der Waals surface area contributed by atoms with Gasteiger partial charge in [0.05, 0.1) is 0 Å². The van der Waals surface area contributed by atoms with Crippen molar-refractivity contribution in [3.63, 3.8) is 0 Å². The molecule has 24 heavy (non-hydrogen) atoms. The Labute approximate surface area is 141 Å². The zero-order chi connectivity index (χ0) is 17.1. The lowest BCUT2D eigenvalue weighted by molar-refractivity contribution is -0.142. The molecule has 0 aliphatic heterocycles. The monoisotopic (exact) mass is 328 g/mol. The van der Waals surface area contributed by atoms with Gasteiger partial charge >= 0.3 is 5.97 Å². The zero-order valence-electron chi connectivity index (χ0n) is 13.9. The lowest BCUT2D eigenvalue weighted by Crippen LogP contribution is -2.45. The standard InChI is InChI=1S/C19H24N2O3/c1-12-6-8-13(9-7-12)18(22)21-17(19(23)24)10-14-11-20-16-5-3-2-4-15(14)16/h2-5,11-13,17,20H,6-10H2,1H3,(H,21,22)(H,23,24)/t12?,13?,17-/m1/s1. The van der Waals surface area contributed by atoms with Gasteiger partial charge in [0.1, 0.15) is 6.04 Å². The molecule has 0 radical (unpaired) electrons. The summed E-state index contributed by atoms with van der Waals surface area (Å²) < 4.78 is 0. The minimum absolute atomic E-state index is 0.0500. The Bertz CT molecular complexity index is 729. The third-order valence-electron chi connectivity index (χ3n) is 5.10. The van der Waals surface area contributed by atoms with E-state index < -0.39 is 12.0 Å². The van der Waals surface area contributed by atoms with E-state index in [0.29, 0.717) is 5.92 Å². The number of carbonyl (C=O) groups is 2. The first kappa shape index (κ1) is 16.6. The van der Waals surface area contributed by atoms with E-state index in [4.69, 9.17) is 0 Å². The number of nitrogens with one attached hydrogen (secondary N) is 2. The summed E-state index contributed by atoms with van der Waals surface area (Å²) in [5, 5.41) is 13.3. The maximum Gasteiger partial charge on any atom is 0.326 e. The van der Waals surface area contributed by atoms with Crippen LogP contribution in [0.25, 0.3) is 10.9 Å². The van der Waals surface area contributed by atoms with E-state index in [0.717, 1.165) is 42.1 Å². The number of para-hydroxylation sites is 1. The van der Waals surface area contributed by atoms with Gasteiger partial charge < -0.3 is 15.4 Å². The topological polar surface area (TPSA) is 82.2 Å². The highest BCUT2D eigenvalue weighted by Gasteiger charge is 2.28. The maximum absolute atomic E-state index is 12.4. The van der Waals surface area contributed by atoms with E-state index in [1.807, 2.05) is 30.5 Å². The molecule has 1 aromatic heterocycles. The van der Waals surface area contributed by atoms with Crippen LogP contribution in [0.3, 0.4) is 0 Å². The molecule has 1 atom stereocenters. The average Bonchev–Trinajstić information content (AvgIpc) is 2.98. The number of fused-ring (bicyclic) bond motifs is 1. The minimum Gasteiger partial charge on any atom is -0.480 e. The van der Waals surface area contributed by atoms with Gasteiger partial charge in [0, 0.05) is 29.4 Å². The van der Waals surface area contributed by atoms with Crippen LogP contribution in [0.5, 0.6) is 0 Å². The molecule has 0 bridgehead atoms. The molecule has 1 fully saturated rings. The van der Waals surface area contributed by atoms with Gasteiger partial charge in [-0.2, -0.15) is 0 Å². The second-order valence-electron chi connectivity index (χ2n) is 6.92. The summed E-state index contributed by atoms with van der Waals surface area (Å²) in [6, 6.07) is 6.89. The number of hydrogen-bond donors (Lipinski definition) is 3. The van der Waals surface area contributed by atoms with Crippen molar-refractivity contribution in [2.75, 3.05) is 0 Å². The zero-order valence-corrected chi connectivity index (χ0v) is 13.9. The van der Waals surface area contributed by atoms with Gasteiger partial charge in [0.2, 0.25) is 5.91 Å². The molecule has 0 spiro atoms. The Balaban J connectivity index is 1.69. The van der Waals surface area contributed by atoms with Gasteiger partial charge in [-0.1, -0.05) is 25.1 Å². The maximum atomic E-state index is 12.4. The Morgan fingerprint density at radius 1 is 1.25 bits per heavy atom. The van der Waals surface area contributed by atoms with Crippen LogP contribution in [0, 0.1) is 11.8 Å². The van der Waals surface area contributed by atoms with Gasteiger partial charge in [-0.3, -0.25) is 4.79 Å². The van der Waals surface area contributed by atoms with Crippen LogP contribution in [0.1, 0.15) is 38.2 Å². The summed E-state index contributed by atoms with van der Waals surface area (Å²) in [7, 11) is 0. The fourth-order valence-corrected chi connectivity index (χ4v) is 3.53.